The minimum Gasteiger partial charge on any atom is -0.457 e. The molecule has 39 heavy (non-hydrogen) atoms. The van der Waals surface area contributed by atoms with E-state index in [1.165, 1.54) is 5.39 Å². The van der Waals surface area contributed by atoms with Gasteiger partial charge in [0.2, 0.25) is 0 Å². The number of para-hydroxylation sites is 1. The second-order valence-corrected chi connectivity index (χ2v) is 12.5. The third kappa shape index (κ3) is 4.52. The summed E-state index contributed by atoms with van der Waals surface area (Å²) in [4.78, 5) is 4.65. The van der Waals surface area contributed by atoms with Gasteiger partial charge in [-0.3, -0.25) is 4.57 Å². The van der Waals surface area contributed by atoms with Gasteiger partial charge in [-0.25, -0.2) is 4.98 Å². The van der Waals surface area contributed by atoms with Crippen molar-refractivity contribution >= 4 is 34.4 Å². The molecule has 0 unspecified atom stereocenters. The molecule has 1 aliphatic heterocycles. The first-order chi connectivity index (χ1) is 18.4. The lowest BCUT2D eigenvalue weighted by molar-refractivity contribution is 0.00578. The highest BCUT2D eigenvalue weighted by Crippen LogP contribution is 2.38. The fourth-order valence-corrected chi connectivity index (χ4v) is 5.11. The second-order valence-electron chi connectivity index (χ2n) is 12.5. The number of ether oxygens (including phenoxy) is 1. The quantitative estimate of drug-likeness (QED) is 0.230. The van der Waals surface area contributed by atoms with Gasteiger partial charge in [-0.2, -0.15) is 0 Å². The Morgan fingerprint density at radius 1 is 0.744 bits per heavy atom. The summed E-state index contributed by atoms with van der Waals surface area (Å²) in [5.41, 5.74) is 3.37. The summed E-state index contributed by atoms with van der Waals surface area (Å²) in [5.74, 6) is 2.39. The van der Waals surface area contributed by atoms with Crippen molar-refractivity contribution in [2.24, 2.45) is 0 Å². The minimum atomic E-state index is -0.464. The predicted molar refractivity (Wildman–Crippen MR) is 160 cm³/mol. The summed E-state index contributed by atoms with van der Waals surface area (Å²) >= 11 is 0. The van der Waals surface area contributed by atoms with Gasteiger partial charge >= 0.3 is 7.12 Å². The average Bonchev–Trinajstić information content (AvgIpc) is 3.32. The monoisotopic (exact) mass is 518 g/mol. The maximum atomic E-state index is 6.57. The van der Waals surface area contributed by atoms with Gasteiger partial charge < -0.3 is 14.0 Å². The number of benzene rings is 3. The molecule has 0 N–H and O–H groups in total. The van der Waals surface area contributed by atoms with E-state index in [1.807, 2.05) is 36.5 Å². The van der Waals surface area contributed by atoms with Crippen LogP contribution in [0, 0.1) is 0 Å². The first-order valence-corrected chi connectivity index (χ1v) is 13.6. The topological polar surface area (TPSA) is 45.5 Å². The predicted octanol–water partition coefficient (Wildman–Crippen LogP) is 7.57. The number of aromatic nitrogens is 2. The maximum absolute atomic E-state index is 6.57. The van der Waals surface area contributed by atoms with E-state index in [4.69, 9.17) is 14.0 Å². The maximum Gasteiger partial charge on any atom is 0.494 e. The van der Waals surface area contributed by atoms with Gasteiger partial charge in [-0.05, 0) is 86.6 Å². The Morgan fingerprint density at radius 3 is 2.13 bits per heavy atom. The van der Waals surface area contributed by atoms with Gasteiger partial charge in [0.1, 0.15) is 17.3 Å². The van der Waals surface area contributed by atoms with E-state index >= 15 is 0 Å². The summed E-state index contributed by atoms with van der Waals surface area (Å²) < 4.78 is 21.5. The van der Waals surface area contributed by atoms with Crippen LogP contribution in [0.3, 0.4) is 0 Å². The highest BCUT2D eigenvalue weighted by atomic mass is 16.7. The van der Waals surface area contributed by atoms with Crippen molar-refractivity contribution in [2.45, 2.75) is 65.1 Å². The number of nitrogens with zero attached hydrogens (tertiary/aromatic N) is 2. The molecule has 1 fully saturated rings. The highest BCUT2D eigenvalue weighted by Gasteiger charge is 2.52. The smallest absolute Gasteiger partial charge is 0.457 e. The lowest BCUT2D eigenvalue weighted by Crippen LogP contribution is -2.41. The van der Waals surface area contributed by atoms with Crippen LogP contribution < -0.4 is 10.2 Å². The first kappa shape index (κ1) is 25.7. The molecule has 0 radical (unpaired) electrons. The Labute approximate surface area is 230 Å². The van der Waals surface area contributed by atoms with Crippen molar-refractivity contribution in [3.63, 3.8) is 0 Å². The molecule has 3 aromatic carbocycles. The van der Waals surface area contributed by atoms with E-state index in [0.717, 1.165) is 44.8 Å². The lowest BCUT2D eigenvalue weighted by atomic mass is 9.75. The van der Waals surface area contributed by atoms with Crippen molar-refractivity contribution in [2.75, 3.05) is 0 Å². The van der Waals surface area contributed by atoms with Crippen LogP contribution >= 0.6 is 0 Å². The number of rotatable bonds is 4. The van der Waals surface area contributed by atoms with E-state index in [-0.39, 0.29) is 5.41 Å². The molecular weight excluding hydrogens is 483 g/mol. The molecule has 2 aromatic heterocycles. The lowest BCUT2D eigenvalue weighted by Gasteiger charge is -2.32. The van der Waals surface area contributed by atoms with Gasteiger partial charge in [0, 0.05) is 23.0 Å². The van der Waals surface area contributed by atoms with Crippen LogP contribution in [-0.4, -0.2) is 27.9 Å². The van der Waals surface area contributed by atoms with Crippen LogP contribution in [0.25, 0.3) is 27.6 Å². The molecule has 5 nitrogen and oxygen atoms in total. The fourth-order valence-electron chi connectivity index (χ4n) is 5.11. The van der Waals surface area contributed by atoms with Gasteiger partial charge in [0.25, 0.3) is 0 Å². The van der Waals surface area contributed by atoms with Crippen LogP contribution in [0.15, 0.2) is 85.1 Å². The molecule has 0 bridgehead atoms. The number of hydrogen-bond acceptors (Lipinski definition) is 4. The fraction of sp³-hybridized carbons (Fsp3) is 0.303. The molecule has 5 aromatic rings. The Bertz CT molecular complexity index is 1670. The second kappa shape index (κ2) is 8.97. The average molecular weight is 518 g/mol. The van der Waals surface area contributed by atoms with Crippen LogP contribution in [-0.2, 0) is 14.7 Å². The molecule has 1 aliphatic rings. The highest BCUT2D eigenvalue weighted by molar-refractivity contribution is 6.62. The molecule has 0 saturated carbocycles. The van der Waals surface area contributed by atoms with Crippen molar-refractivity contribution in [1.82, 2.24) is 9.55 Å². The largest absolute Gasteiger partial charge is 0.494 e. The Kier molecular flexibility index (Phi) is 5.90. The summed E-state index contributed by atoms with van der Waals surface area (Å²) in [6.07, 6.45) is 1.82. The zero-order valence-electron chi connectivity index (χ0n) is 23.8. The van der Waals surface area contributed by atoms with Gasteiger partial charge in [-0.1, -0.05) is 51.1 Å². The van der Waals surface area contributed by atoms with E-state index in [9.17, 15) is 0 Å². The zero-order valence-corrected chi connectivity index (χ0v) is 23.8. The van der Waals surface area contributed by atoms with Crippen LogP contribution in [0.4, 0.5) is 0 Å². The van der Waals surface area contributed by atoms with Crippen LogP contribution in [0.1, 0.15) is 54.0 Å². The van der Waals surface area contributed by atoms with Crippen LogP contribution in [0.5, 0.6) is 11.5 Å². The molecule has 1 saturated heterocycles. The van der Waals surface area contributed by atoms with Gasteiger partial charge in [-0.15, -0.1) is 0 Å². The normalized spacial score (nSPS) is 16.7. The SMILES string of the molecule is CC(C)(C)c1cc(Oc2ccc3c4ccccc4n(-c4ccccn4)c3c2)cc(B2OC(C)(C)C(C)(C)O2)c1. The van der Waals surface area contributed by atoms with Crippen molar-refractivity contribution in [3.05, 3.63) is 90.6 Å². The molecule has 0 aliphatic carbocycles. The summed E-state index contributed by atoms with van der Waals surface area (Å²) in [6.45, 7) is 14.9. The number of pyridine rings is 1. The van der Waals surface area contributed by atoms with Crippen molar-refractivity contribution in [1.29, 1.82) is 0 Å². The molecule has 6 rings (SSSR count). The Morgan fingerprint density at radius 2 is 1.44 bits per heavy atom. The molecule has 198 valence electrons. The molecule has 0 atom stereocenters. The van der Waals surface area contributed by atoms with Gasteiger partial charge in [0.15, 0.2) is 0 Å². The standard InChI is InChI=1S/C33H35BN2O3/c1-31(2,3)22-18-23(34-38-32(4,5)33(6,7)39-34)20-25(19-22)37-24-15-16-27-26-12-8-9-13-28(26)36(29(27)21-24)30-14-10-11-17-35-30/h8-21H,1-7H3. The van der Waals surface area contributed by atoms with E-state index in [0.29, 0.717) is 0 Å². The Hall–Kier alpha value is -3.61. The van der Waals surface area contributed by atoms with Gasteiger partial charge in [0.05, 0.1) is 22.2 Å². The van der Waals surface area contributed by atoms with E-state index in [1.54, 1.807) is 0 Å². The molecule has 0 amide bonds. The summed E-state index contributed by atoms with van der Waals surface area (Å²) in [5, 5.41) is 2.34. The molecule has 3 heterocycles. The zero-order chi connectivity index (χ0) is 27.6. The van der Waals surface area contributed by atoms with Crippen LogP contribution in [0.2, 0.25) is 0 Å². The minimum absolute atomic E-state index is 0.0763. The summed E-state index contributed by atoms with van der Waals surface area (Å²) in [6, 6.07) is 27.0. The number of fused-ring (bicyclic) bond motifs is 3. The van der Waals surface area contributed by atoms with Crippen molar-refractivity contribution < 1.29 is 14.0 Å². The third-order valence-electron chi connectivity index (χ3n) is 8.08. The third-order valence-corrected chi connectivity index (χ3v) is 8.08. The Balaban J connectivity index is 1.44. The molecular formula is C33H35BN2O3. The first-order valence-electron chi connectivity index (χ1n) is 13.6. The number of hydrogen-bond donors (Lipinski definition) is 0. The molecule has 6 heteroatoms. The summed E-state index contributed by atoms with van der Waals surface area (Å²) in [7, 11) is -0.464. The van der Waals surface area contributed by atoms with E-state index < -0.39 is 18.3 Å². The van der Waals surface area contributed by atoms with Crippen molar-refractivity contribution in [3.8, 4) is 17.3 Å². The van der Waals surface area contributed by atoms with E-state index in [2.05, 4.69) is 107 Å². The molecule has 0 spiro atoms.